The predicted molar refractivity (Wildman–Crippen MR) is 93.3 cm³/mol. The number of carbonyl (C=O) groups excluding carboxylic acids is 1. The summed E-state index contributed by atoms with van der Waals surface area (Å²) in [6.07, 6.45) is 3.95. The van der Waals surface area contributed by atoms with Gasteiger partial charge in [-0.3, -0.25) is 0 Å². The Morgan fingerprint density at radius 2 is 2.15 bits per heavy atom. The molecule has 0 spiro atoms. The number of carbonyl (C=O) groups is 1. The summed E-state index contributed by atoms with van der Waals surface area (Å²) in [5.74, 6) is 1.59. The Hall–Kier alpha value is -2.42. The van der Waals surface area contributed by atoms with Gasteiger partial charge in [0.1, 0.15) is 0 Å². The molecule has 26 heavy (non-hydrogen) atoms. The van der Waals surface area contributed by atoms with Gasteiger partial charge in [-0.1, -0.05) is 0 Å². The van der Waals surface area contributed by atoms with Crippen LogP contribution in [-0.4, -0.2) is 70.2 Å². The number of rotatable bonds is 4. The molecule has 1 atom stereocenters. The van der Waals surface area contributed by atoms with Gasteiger partial charge in [0, 0.05) is 38.2 Å². The smallest absolute Gasteiger partial charge is 0.317 e. The number of aromatic nitrogens is 4. The number of urea groups is 1. The summed E-state index contributed by atoms with van der Waals surface area (Å²) in [7, 11) is 1.59. The molecule has 4 rings (SSSR count). The van der Waals surface area contributed by atoms with Crippen LogP contribution in [0.15, 0.2) is 12.1 Å². The van der Waals surface area contributed by atoms with E-state index >= 15 is 0 Å². The fraction of sp³-hybridized carbons (Fsp3) is 0.647. The van der Waals surface area contributed by atoms with E-state index < -0.39 is 0 Å². The number of piperidine rings is 1. The van der Waals surface area contributed by atoms with Crippen molar-refractivity contribution in [1.29, 1.82) is 0 Å². The standard InChI is InChI=1S/C17H24N6O3/c1-25-15-5-4-14-19-20-16(23(14)21-15)12-6-8-22(9-7-12)17(24)18-11-13-3-2-10-26-13/h4-5,12-13H,2-3,6-11H2,1H3,(H,18,24). The summed E-state index contributed by atoms with van der Waals surface area (Å²) in [5.41, 5.74) is 0.706. The molecule has 4 heterocycles. The van der Waals surface area contributed by atoms with Gasteiger partial charge in [0.2, 0.25) is 5.88 Å². The minimum atomic E-state index is -0.00940. The largest absolute Gasteiger partial charge is 0.480 e. The summed E-state index contributed by atoms with van der Waals surface area (Å²) in [6, 6.07) is 3.61. The van der Waals surface area contributed by atoms with Gasteiger partial charge >= 0.3 is 6.03 Å². The normalized spacial score (nSPS) is 21.3. The van der Waals surface area contributed by atoms with Crippen LogP contribution in [0.5, 0.6) is 5.88 Å². The summed E-state index contributed by atoms with van der Waals surface area (Å²) in [6.45, 7) is 2.79. The number of amides is 2. The number of hydrogen-bond donors (Lipinski definition) is 1. The molecule has 1 N–H and O–H groups in total. The van der Waals surface area contributed by atoms with Crippen molar-refractivity contribution in [3.05, 3.63) is 18.0 Å². The first kappa shape index (κ1) is 17.0. The van der Waals surface area contributed by atoms with Crippen molar-refractivity contribution >= 4 is 11.7 Å². The van der Waals surface area contributed by atoms with Crippen molar-refractivity contribution in [2.75, 3.05) is 33.4 Å². The van der Waals surface area contributed by atoms with Crippen LogP contribution in [0.4, 0.5) is 4.79 Å². The molecule has 1 unspecified atom stereocenters. The summed E-state index contributed by atoms with van der Waals surface area (Å²) in [4.78, 5) is 14.2. The van der Waals surface area contributed by atoms with Crippen LogP contribution < -0.4 is 10.1 Å². The Balaban J connectivity index is 1.35. The quantitative estimate of drug-likeness (QED) is 0.881. The predicted octanol–water partition coefficient (Wildman–Crippen LogP) is 1.20. The summed E-state index contributed by atoms with van der Waals surface area (Å²) in [5, 5.41) is 15.9. The highest BCUT2D eigenvalue weighted by molar-refractivity contribution is 5.74. The number of likely N-dealkylation sites (tertiary alicyclic amines) is 1. The molecular weight excluding hydrogens is 336 g/mol. The van der Waals surface area contributed by atoms with Crippen molar-refractivity contribution in [1.82, 2.24) is 30.0 Å². The first-order valence-corrected chi connectivity index (χ1v) is 9.15. The lowest BCUT2D eigenvalue weighted by Gasteiger charge is -2.31. The number of ether oxygens (including phenoxy) is 2. The minimum Gasteiger partial charge on any atom is -0.480 e. The number of nitrogens with one attached hydrogen (secondary N) is 1. The molecular formula is C17H24N6O3. The van der Waals surface area contributed by atoms with E-state index in [1.807, 2.05) is 11.0 Å². The number of hydrogen-bond acceptors (Lipinski definition) is 6. The Labute approximate surface area is 151 Å². The van der Waals surface area contributed by atoms with Crippen LogP contribution in [0, 0.1) is 0 Å². The van der Waals surface area contributed by atoms with Crippen molar-refractivity contribution < 1.29 is 14.3 Å². The first-order chi connectivity index (χ1) is 12.7. The van der Waals surface area contributed by atoms with E-state index in [0.29, 0.717) is 31.2 Å². The Morgan fingerprint density at radius 3 is 2.88 bits per heavy atom. The van der Waals surface area contributed by atoms with E-state index in [4.69, 9.17) is 9.47 Å². The zero-order chi connectivity index (χ0) is 17.9. The van der Waals surface area contributed by atoms with Gasteiger partial charge in [-0.2, -0.15) is 4.52 Å². The number of nitrogens with zero attached hydrogens (tertiary/aromatic N) is 5. The molecule has 2 saturated heterocycles. The van der Waals surface area contributed by atoms with Gasteiger partial charge in [0.05, 0.1) is 13.2 Å². The molecule has 2 amide bonds. The Kier molecular flexibility index (Phi) is 4.87. The molecule has 140 valence electrons. The van der Waals surface area contributed by atoms with Gasteiger partial charge in [-0.15, -0.1) is 15.3 Å². The van der Waals surface area contributed by atoms with Gasteiger partial charge in [-0.25, -0.2) is 4.79 Å². The molecule has 2 aromatic rings. The van der Waals surface area contributed by atoms with Gasteiger partial charge in [0.25, 0.3) is 0 Å². The van der Waals surface area contributed by atoms with Crippen molar-refractivity contribution in [2.45, 2.75) is 37.7 Å². The van der Waals surface area contributed by atoms with E-state index in [2.05, 4.69) is 20.6 Å². The lowest BCUT2D eigenvalue weighted by Crippen LogP contribution is -2.46. The third kappa shape index (κ3) is 3.44. The molecule has 9 nitrogen and oxygen atoms in total. The van der Waals surface area contributed by atoms with Gasteiger partial charge in [-0.05, 0) is 31.7 Å². The lowest BCUT2D eigenvalue weighted by atomic mass is 9.96. The van der Waals surface area contributed by atoms with Crippen molar-refractivity contribution in [3.63, 3.8) is 0 Å². The van der Waals surface area contributed by atoms with E-state index in [9.17, 15) is 4.79 Å². The molecule has 0 aliphatic carbocycles. The minimum absolute atomic E-state index is 0.00940. The number of fused-ring (bicyclic) bond motifs is 1. The van der Waals surface area contributed by atoms with Gasteiger partial charge < -0.3 is 19.7 Å². The molecule has 0 aromatic carbocycles. The van der Waals surface area contributed by atoms with Crippen molar-refractivity contribution in [2.24, 2.45) is 0 Å². The zero-order valence-corrected chi connectivity index (χ0v) is 14.9. The summed E-state index contributed by atoms with van der Waals surface area (Å²) >= 11 is 0. The van der Waals surface area contributed by atoms with Crippen LogP contribution in [0.1, 0.15) is 37.4 Å². The summed E-state index contributed by atoms with van der Waals surface area (Å²) < 4.78 is 12.5. The molecule has 9 heteroatoms. The highest BCUT2D eigenvalue weighted by Gasteiger charge is 2.28. The molecule has 2 aliphatic heterocycles. The van der Waals surface area contributed by atoms with E-state index in [0.717, 1.165) is 38.1 Å². The Bertz CT molecular complexity index is 765. The molecule has 0 radical (unpaired) electrons. The molecule has 0 bridgehead atoms. The van der Waals surface area contributed by atoms with E-state index in [1.165, 1.54) is 0 Å². The maximum absolute atomic E-state index is 12.3. The fourth-order valence-corrected chi connectivity index (χ4v) is 3.61. The second-order valence-corrected chi connectivity index (χ2v) is 6.79. The topological polar surface area (TPSA) is 93.9 Å². The zero-order valence-electron chi connectivity index (χ0n) is 14.9. The monoisotopic (exact) mass is 360 g/mol. The second-order valence-electron chi connectivity index (χ2n) is 6.79. The molecule has 2 aromatic heterocycles. The highest BCUT2D eigenvalue weighted by atomic mass is 16.5. The molecule has 2 fully saturated rings. The first-order valence-electron chi connectivity index (χ1n) is 9.15. The van der Waals surface area contributed by atoms with Crippen molar-refractivity contribution in [3.8, 4) is 5.88 Å². The maximum atomic E-state index is 12.3. The fourth-order valence-electron chi connectivity index (χ4n) is 3.61. The molecule has 0 saturated carbocycles. The highest BCUT2D eigenvalue weighted by Crippen LogP contribution is 2.27. The third-order valence-corrected chi connectivity index (χ3v) is 5.12. The Morgan fingerprint density at radius 1 is 1.31 bits per heavy atom. The number of methoxy groups -OCH3 is 1. The average molecular weight is 360 g/mol. The maximum Gasteiger partial charge on any atom is 0.317 e. The van der Waals surface area contributed by atoms with Crippen LogP contribution in [-0.2, 0) is 4.74 Å². The van der Waals surface area contributed by atoms with Crippen LogP contribution in [0.2, 0.25) is 0 Å². The van der Waals surface area contributed by atoms with Gasteiger partial charge in [0.15, 0.2) is 11.5 Å². The second kappa shape index (κ2) is 7.45. The van der Waals surface area contributed by atoms with Crippen LogP contribution in [0.3, 0.4) is 0 Å². The SMILES string of the molecule is COc1ccc2nnc(C3CCN(C(=O)NCC4CCCO4)CC3)n2n1. The van der Waals surface area contributed by atoms with Crippen LogP contribution >= 0.6 is 0 Å². The lowest BCUT2D eigenvalue weighted by molar-refractivity contribution is 0.108. The van der Waals surface area contributed by atoms with E-state index in [-0.39, 0.29) is 18.1 Å². The van der Waals surface area contributed by atoms with E-state index in [1.54, 1.807) is 17.7 Å². The van der Waals surface area contributed by atoms with Crippen LogP contribution in [0.25, 0.3) is 5.65 Å². The third-order valence-electron chi connectivity index (χ3n) is 5.12. The molecule has 2 aliphatic rings. The average Bonchev–Trinajstić information content (AvgIpc) is 3.35.